The monoisotopic (exact) mass is 251 g/mol. The molecule has 0 heterocycles. The fraction of sp³-hybridized carbons (Fsp3) is 0.600. The van der Waals surface area contributed by atoms with Gasteiger partial charge in [-0.1, -0.05) is 25.5 Å². The Balaban J connectivity index is 2.75. The van der Waals surface area contributed by atoms with Crippen molar-refractivity contribution in [1.82, 2.24) is 4.90 Å². The van der Waals surface area contributed by atoms with Crippen LogP contribution in [-0.4, -0.2) is 29.7 Å². The first-order valence-electron chi connectivity index (χ1n) is 6.74. The highest BCUT2D eigenvalue weighted by atomic mass is 16.5. The SMILES string of the molecule is CCCC(C)N(C)Cc1cccc(OCC)c1O. The van der Waals surface area contributed by atoms with E-state index in [-0.39, 0.29) is 5.75 Å². The number of phenolic OH excluding ortho intramolecular Hbond substituents is 1. The molecule has 1 aromatic rings. The van der Waals surface area contributed by atoms with Gasteiger partial charge in [-0.2, -0.15) is 0 Å². The Hall–Kier alpha value is -1.22. The normalized spacial score (nSPS) is 12.7. The van der Waals surface area contributed by atoms with E-state index in [1.165, 1.54) is 12.8 Å². The zero-order valence-corrected chi connectivity index (χ0v) is 11.9. The van der Waals surface area contributed by atoms with Crippen LogP contribution in [0.2, 0.25) is 0 Å². The molecule has 0 spiro atoms. The molecule has 0 amide bonds. The van der Waals surface area contributed by atoms with E-state index in [2.05, 4.69) is 25.8 Å². The summed E-state index contributed by atoms with van der Waals surface area (Å²) < 4.78 is 5.40. The predicted octanol–water partition coefficient (Wildman–Crippen LogP) is 3.41. The van der Waals surface area contributed by atoms with Gasteiger partial charge in [0.15, 0.2) is 11.5 Å². The third-order valence-corrected chi connectivity index (χ3v) is 3.26. The van der Waals surface area contributed by atoms with Gasteiger partial charge in [-0.3, -0.25) is 4.90 Å². The molecule has 0 aliphatic carbocycles. The smallest absolute Gasteiger partial charge is 0.162 e. The number of benzene rings is 1. The molecule has 102 valence electrons. The fourth-order valence-electron chi connectivity index (χ4n) is 2.03. The Morgan fingerprint density at radius 1 is 1.33 bits per heavy atom. The van der Waals surface area contributed by atoms with Crippen molar-refractivity contribution in [2.24, 2.45) is 0 Å². The minimum absolute atomic E-state index is 0.273. The zero-order chi connectivity index (χ0) is 13.5. The fourth-order valence-corrected chi connectivity index (χ4v) is 2.03. The molecule has 0 aliphatic rings. The summed E-state index contributed by atoms with van der Waals surface area (Å²) in [6, 6.07) is 6.20. The topological polar surface area (TPSA) is 32.7 Å². The van der Waals surface area contributed by atoms with Gasteiger partial charge in [0.1, 0.15) is 0 Å². The van der Waals surface area contributed by atoms with Gasteiger partial charge in [-0.15, -0.1) is 0 Å². The van der Waals surface area contributed by atoms with E-state index in [0.717, 1.165) is 12.1 Å². The van der Waals surface area contributed by atoms with E-state index in [1.807, 2.05) is 19.1 Å². The van der Waals surface area contributed by atoms with Crippen LogP contribution in [0.3, 0.4) is 0 Å². The molecule has 18 heavy (non-hydrogen) atoms. The summed E-state index contributed by atoms with van der Waals surface area (Å²) in [6.07, 6.45) is 2.35. The third-order valence-electron chi connectivity index (χ3n) is 3.26. The predicted molar refractivity (Wildman–Crippen MR) is 75.1 cm³/mol. The van der Waals surface area contributed by atoms with Crippen molar-refractivity contribution in [3.63, 3.8) is 0 Å². The van der Waals surface area contributed by atoms with Gasteiger partial charge in [-0.05, 0) is 33.4 Å². The summed E-state index contributed by atoms with van der Waals surface area (Å²) in [5.74, 6) is 0.849. The molecular formula is C15H25NO2. The van der Waals surface area contributed by atoms with Gasteiger partial charge in [0.25, 0.3) is 0 Å². The molecule has 0 saturated carbocycles. The van der Waals surface area contributed by atoms with Gasteiger partial charge in [0.05, 0.1) is 6.61 Å². The summed E-state index contributed by atoms with van der Waals surface area (Å²) in [7, 11) is 2.09. The number of aromatic hydroxyl groups is 1. The summed E-state index contributed by atoms with van der Waals surface area (Å²) in [5.41, 5.74) is 0.923. The largest absolute Gasteiger partial charge is 0.504 e. The molecule has 0 fully saturated rings. The molecule has 1 unspecified atom stereocenters. The first-order chi connectivity index (χ1) is 8.60. The van der Waals surface area contributed by atoms with Gasteiger partial charge in [-0.25, -0.2) is 0 Å². The van der Waals surface area contributed by atoms with Crippen molar-refractivity contribution in [3.8, 4) is 11.5 Å². The van der Waals surface area contributed by atoms with Crippen LogP contribution in [0.15, 0.2) is 18.2 Å². The second-order valence-electron chi connectivity index (χ2n) is 4.75. The Morgan fingerprint density at radius 2 is 2.06 bits per heavy atom. The van der Waals surface area contributed by atoms with E-state index in [9.17, 15) is 5.11 Å². The summed E-state index contributed by atoms with van der Waals surface area (Å²) in [5, 5.41) is 10.1. The number of rotatable bonds is 7. The van der Waals surface area contributed by atoms with Crippen LogP contribution in [0.5, 0.6) is 11.5 Å². The van der Waals surface area contributed by atoms with Crippen molar-refractivity contribution in [1.29, 1.82) is 0 Å². The molecule has 1 aromatic carbocycles. The maximum atomic E-state index is 10.1. The lowest BCUT2D eigenvalue weighted by molar-refractivity contribution is 0.232. The summed E-state index contributed by atoms with van der Waals surface area (Å²) in [4.78, 5) is 2.26. The molecule has 0 radical (unpaired) electrons. The highest BCUT2D eigenvalue weighted by Gasteiger charge is 2.13. The van der Waals surface area contributed by atoms with Crippen molar-refractivity contribution in [3.05, 3.63) is 23.8 Å². The number of para-hydroxylation sites is 1. The molecular weight excluding hydrogens is 226 g/mol. The van der Waals surface area contributed by atoms with Crippen LogP contribution in [0, 0.1) is 0 Å². The average Bonchev–Trinajstić information content (AvgIpc) is 2.34. The summed E-state index contributed by atoms with van der Waals surface area (Å²) in [6.45, 7) is 7.64. The Kier molecular flexibility index (Phi) is 5.99. The molecule has 0 saturated heterocycles. The van der Waals surface area contributed by atoms with Crippen molar-refractivity contribution < 1.29 is 9.84 Å². The summed E-state index contributed by atoms with van der Waals surface area (Å²) >= 11 is 0. The maximum absolute atomic E-state index is 10.1. The van der Waals surface area contributed by atoms with Crippen molar-refractivity contribution in [2.45, 2.75) is 46.2 Å². The molecule has 1 N–H and O–H groups in total. The molecule has 3 nitrogen and oxygen atoms in total. The van der Waals surface area contributed by atoms with E-state index in [1.54, 1.807) is 6.07 Å². The van der Waals surface area contributed by atoms with Crippen LogP contribution in [0.25, 0.3) is 0 Å². The average molecular weight is 251 g/mol. The van der Waals surface area contributed by atoms with Crippen LogP contribution in [0.1, 0.15) is 39.2 Å². The number of nitrogens with zero attached hydrogens (tertiary/aromatic N) is 1. The number of phenols is 1. The highest BCUT2D eigenvalue weighted by Crippen LogP contribution is 2.30. The van der Waals surface area contributed by atoms with Crippen LogP contribution in [-0.2, 0) is 6.54 Å². The zero-order valence-electron chi connectivity index (χ0n) is 11.9. The minimum Gasteiger partial charge on any atom is -0.504 e. The lowest BCUT2D eigenvalue weighted by Crippen LogP contribution is -2.28. The Bertz CT molecular complexity index is 366. The van der Waals surface area contributed by atoms with E-state index >= 15 is 0 Å². The standard InChI is InChI=1S/C15H25NO2/c1-5-8-12(3)16(4)11-13-9-7-10-14(15(13)17)18-6-2/h7,9-10,12,17H,5-6,8,11H2,1-4H3. The van der Waals surface area contributed by atoms with E-state index in [4.69, 9.17) is 4.74 Å². The molecule has 0 aromatic heterocycles. The van der Waals surface area contributed by atoms with E-state index in [0.29, 0.717) is 18.4 Å². The lowest BCUT2D eigenvalue weighted by atomic mass is 10.1. The Morgan fingerprint density at radius 3 is 2.67 bits per heavy atom. The first kappa shape index (κ1) is 14.8. The van der Waals surface area contributed by atoms with Gasteiger partial charge < -0.3 is 9.84 Å². The quantitative estimate of drug-likeness (QED) is 0.806. The van der Waals surface area contributed by atoms with Gasteiger partial charge in [0.2, 0.25) is 0 Å². The van der Waals surface area contributed by atoms with Crippen LogP contribution in [0.4, 0.5) is 0 Å². The van der Waals surface area contributed by atoms with E-state index < -0.39 is 0 Å². The maximum Gasteiger partial charge on any atom is 0.162 e. The molecule has 0 aliphatic heterocycles. The number of ether oxygens (including phenoxy) is 1. The second kappa shape index (κ2) is 7.27. The number of hydrogen-bond acceptors (Lipinski definition) is 3. The molecule has 1 rings (SSSR count). The van der Waals surface area contributed by atoms with Gasteiger partial charge in [0, 0.05) is 18.2 Å². The van der Waals surface area contributed by atoms with Crippen molar-refractivity contribution in [2.75, 3.05) is 13.7 Å². The Labute approximate surface area is 110 Å². The second-order valence-corrected chi connectivity index (χ2v) is 4.75. The molecule has 1 atom stereocenters. The highest BCUT2D eigenvalue weighted by molar-refractivity contribution is 5.45. The number of hydrogen-bond donors (Lipinski definition) is 1. The van der Waals surface area contributed by atoms with Gasteiger partial charge >= 0.3 is 0 Å². The minimum atomic E-state index is 0.273. The van der Waals surface area contributed by atoms with Crippen LogP contribution < -0.4 is 4.74 Å². The first-order valence-corrected chi connectivity index (χ1v) is 6.74. The lowest BCUT2D eigenvalue weighted by Gasteiger charge is -2.25. The molecule has 3 heteroatoms. The molecule has 0 bridgehead atoms. The third kappa shape index (κ3) is 3.91. The van der Waals surface area contributed by atoms with Crippen molar-refractivity contribution >= 4 is 0 Å². The van der Waals surface area contributed by atoms with Crippen LogP contribution >= 0.6 is 0 Å².